The predicted octanol–water partition coefficient (Wildman–Crippen LogP) is 2.24. The Kier molecular flexibility index (Phi) is 4.57. The van der Waals surface area contributed by atoms with E-state index in [1.807, 2.05) is 24.3 Å². The van der Waals surface area contributed by atoms with E-state index in [1.54, 1.807) is 18.9 Å². The number of rotatable bonds is 5. The smallest absolute Gasteiger partial charge is 0.150 e. The van der Waals surface area contributed by atoms with Gasteiger partial charge in [-0.25, -0.2) is 0 Å². The van der Waals surface area contributed by atoms with Gasteiger partial charge in [0.25, 0.3) is 0 Å². The van der Waals surface area contributed by atoms with Crippen molar-refractivity contribution < 1.29 is 9.53 Å². The van der Waals surface area contributed by atoms with E-state index in [-0.39, 0.29) is 0 Å². The lowest BCUT2D eigenvalue weighted by atomic mass is 10.2. The van der Waals surface area contributed by atoms with Crippen molar-refractivity contribution in [3.05, 3.63) is 29.8 Å². The molecule has 0 unspecified atom stereocenters. The van der Waals surface area contributed by atoms with Gasteiger partial charge in [-0.3, -0.25) is 4.79 Å². The molecule has 0 fully saturated rings. The third-order valence-corrected chi connectivity index (χ3v) is 2.55. The van der Waals surface area contributed by atoms with E-state index < -0.39 is 0 Å². The van der Waals surface area contributed by atoms with E-state index in [1.165, 1.54) is 4.90 Å². The molecular weight excluding hydrogens is 184 g/mol. The minimum absolute atomic E-state index is 0.719. The lowest BCUT2D eigenvalue weighted by Crippen LogP contribution is -1.90. The molecule has 2 nitrogen and oxygen atoms in total. The molecule has 70 valence electrons. The molecule has 0 aliphatic rings. The maximum atomic E-state index is 10.4. The second kappa shape index (κ2) is 5.78. The highest BCUT2D eigenvalue weighted by atomic mass is 32.2. The van der Waals surface area contributed by atoms with Gasteiger partial charge in [0, 0.05) is 23.3 Å². The molecule has 0 aromatic heterocycles. The molecule has 0 spiro atoms. The maximum absolute atomic E-state index is 10.4. The number of hydrogen-bond donors (Lipinski definition) is 0. The molecule has 0 saturated heterocycles. The van der Waals surface area contributed by atoms with Crippen LogP contribution >= 0.6 is 11.8 Å². The Morgan fingerprint density at radius 1 is 1.38 bits per heavy atom. The third-order valence-electron chi connectivity index (χ3n) is 1.57. The van der Waals surface area contributed by atoms with Crippen molar-refractivity contribution >= 4 is 18.0 Å². The molecule has 0 amide bonds. The Balaban J connectivity index is 2.44. The van der Waals surface area contributed by atoms with Crippen LogP contribution in [0.4, 0.5) is 0 Å². The lowest BCUT2D eigenvalue weighted by molar-refractivity contribution is 0.112. The third kappa shape index (κ3) is 3.61. The standard InChI is InChI=1S/C10H12O2S/c1-12-6-7-13-10-4-2-9(8-11)3-5-10/h2-5,8H,6-7H2,1H3. The van der Waals surface area contributed by atoms with Crippen LogP contribution in [0.3, 0.4) is 0 Å². The monoisotopic (exact) mass is 196 g/mol. The van der Waals surface area contributed by atoms with Gasteiger partial charge in [-0.2, -0.15) is 0 Å². The number of aldehydes is 1. The zero-order valence-corrected chi connectivity index (χ0v) is 8.34. The first-order valence-electron chi connectivity index (χ1n) is 4.04. The fourth-order valence-corrected chi connectivity index (χ4v) is 1.70. The quantitative estimate of drug-likeness (QED) is 0.410. The summed E-state index contributed by atoms with van der Waals surface area (Å²) in [6.07, 6.45) is 0.851. The first-order chi connectivity index (χ1) is 6.36. The predicted molar refractivity (Wildman–Crippen MR) is 54.4 cm³/mol. The zero-order chi connectivity index (χ0) is 9.52. The van der Waals surface area contributed by atoms with E-state index in [9.17, 15) is 4.79 Å². The Bertz CT molecular complexity index is 256. The number of ether oxygens (including phenoxy) is 1. The minimum atomic E-state index is 0.719. The van der Waals surface area contributed by atoms with Gasteiger partial charge in [-0.05, 0) is 12.1 Å². The highest BCUT2D eigenvalue weighted by Crippen LogP contribution is 2.17. The number of hydrogen-bond acceptors (Lipinski definition) is 3. The molecule has 0 atom stereocenters. The van der Waals surface area contributed by atoms with Crippen molar-refractivity contribution in [1.29, 1.82) is 0 Å². The van der Waals surface area contributed by atoms with E-state index in [4.69, 9.17) is 4.74 Å². The maximum Gasteiger partial charge on any atom is 0.150 e. The Morgan fingerprint density at radius 2 is 2.08 bits per heavy atom. The summed E-state index contributed by atoms with van der Waals surface area (Å²) in [6, 6.07) is 7.54. The average molecular weight is 196 g/mol. The van der Waals surface area contributed by atoms with E-state index in [2.05, 4.69) is 0 Å². The number of carbonyl (C=O) groups excluding carboxylic acids is 1. The van der Waals surface area contributed by atoms with Crippen molar-refractivity contribution in [1.82, 2.24) is 0 Å². The highest BCUT2D eigenvalue weighted by Gasteiger charge is 1.93. The van der Waals surface area contributed by atoms with Crippen LogP contribution in [0.5, 0.6) is 0 Å². The summed E-state index contributed by atoms with van der Waals surface area (Å²) in [5.41, 5.74) is 0.719. The summed E-state index contributed by atoms with van der Waals surface area (Å²) in [7, 11) is 1.69. The molecule has 0 radical (unpaired) electrons. The van der Waals surface area contributed by atoms with Gasteiger partial charge in [0.05, 0.1) is 6.61 Å². The van der Waals surface area contributed by atoms with Crippen LogP contribution in [0.25, 0.3) is 0 Å². The Morgan fingerprint density at radius 3 is 2.62 bits per heavy atom. The van der Waals surface area contributed by atoms with E-state index in [0.29, 0.717) is 0 Å². The number of methoxy groups -OCH3 is 1. The van der Waals surface area contributed by atoms with Gasteiger partial charge in [0.15, 0.2) is 0 Å². The molecule has 13 heavy (non-hydrogen) atoms. The first kappa shape index (κ1) is 10.3. The summed E-state index contributed by atoms with van der Waals surface area (Å²) in [5.74, 6) is 0.941. The van der Waals surface area contributed by atoms with Gasteiger partial charge in [0.2, 0.25) is 0 Å². The molecule has 0 aliphatic carbocycles. The normalized spacial score (nSPS) is 9.92. The van der Waals surface area contributed by atoms with Gasteiger partial charge in [-0.15, -0.1) is 11.8 Å². The number of benzene rings is 1. The number of thioether (sulfide) groups is 1. The zero-order valence-electron chi connectivity index (χ0n) is 7.53. The van der Waals surface area contributed by atoms with Crippen LogP contribution in [0.1, 0.15) is 10.4 Å². The summed E-state index contributed by atoms with van der Waals surface area (Å²) >= 11 is 1.72. The fraction of sp³-hybridized carbons (Fsp3) is 0.300. The molecule has 0 bridgehead atoms. The summed E-state index contributed by atoms with van der Waals surface area (Å²) in [6.45, 7) is 0.750. The summed E-state index contributed by atoms with van der Waals surface area (Å²) < 4.78 is 4.93. The van der Waals surface area contributed by atoms with Crippen molar-refractivity contribution in [2.45, 2.75) is 4.90 Å². The van der Waals surface area contributed by atoms with Crippen LogP contribution in [-0.2, 0) is 4.74 Å². The van der Waals surface area contributed by atoms with Crippen molar-refractivity contribution in [2.24, 2.45) is 0 Å². The van der Waals surface area contributed by atoms with Gasteiger partial charge < -0.3 is 4.74 Å². The second-order valence-corrected chi connectivity index (χ2v) is 3.70. The molecular formula is C10H12O2S. The van der Waals surface area contributed by atoms with Crippen molar-refractivity contribution in [3.8, 4) is 0 Å². The molecule has 1 rings (SSSR count). The van der Waals surface area contributed by atoms with Crippen LogP contribution in [-0.4, -0.2) is 25.8 Å². The first-order valence-corrected chi connectivity index (χ1v) is 5.02. The number of carbonyl (C=O) groups is 1. The van der Waals surface area contributed by atoms with Gasteiger partial charge >= 0.3 is 0 Å². The molecule has 3 heteroatoms. The Labute approximate surface area is 82.3 Å². The van der Waals surface area contributed by atoms with E-state index in [0.717, 1.165) is 24.2 Å². The second-order valence-electron chi connectivity index (χ2n) is 2.53. The molecule has 0 aliphatic heterocycles. The highest BCUT2D eigenvalue weighted by molar-refractivity contribution is 7.99. The summed E-state index contributed by atoms with van der Waals surface area (Å²) in [4.78, 5) is 11.5. The topological polar surface area (TPSA) is 26.3 Å². The van der Waals surface area contributed by atoms with E-state index >= 15 is 0 Å². The molecule has 1 aromatic carbocycles. The van der Waals surface area contributed by atoms with Gasteiger partial charge in [-0.1, -0.05) is 12.1 Å². The van der Waals surface area contributed by atoms with Gasteiger partial charge in [0.1, 0.15) is 6.29 Å². The van der Waals surface area contributed by atoms with Crippen LogP contribution in [0, 0.1) is 0 Å². The van der Waals surface area contributed by atoms with Crippen LogP contribution in [0.2, 0.25) is 0 Å². The van der Waals surface area contributed by atoms with Crippen LogP contribution in [0.15, 0.2) is 29.2 Å². The fourth-order valence-electron chi connectivity index (χ4n) is 0.885. The molecule has 0 heterocycles. The Hall–Kier alpha value is -0.800. The largest absolute Gasteiger partial charge is 0.384 e. The molecule has 0 saturated carbocycles. The molecule has 1 aromatic rings. The van der Waals surface area contributed by atoms with Crippen LogP contribution < -0.4 is 0 Å². The molecule has 0 N–H and O–H groups in total. The summed E-state index contributed by atoms with van der Waals surface area (Å²) in [5, 5.41) is 0. The SMILES string of the molecule is COCCSc1ccc(C=O)cc1. The van der Waals surface area contributed by atoms with Crippen molar-refractivity contribution in [3.63, 3.8) is 0 Å². The average Bonchev–Trinajstić information content (AvgIpc) is 2.19. The lowest BCUT2D eigenvalue weighted by Gasteiger charge is -2.00. The van der Waals surface area contributed by atoms with Crippen molar-refractivity contribution in [2.75, 3.05) is 19.5 Å². The minimum Gasteiger partial charge on any atom is -0.384 e.